The normalized spacial score (nSPS) is 10.1. The van der Waals surface area contributed by atoms with Gasteiger partial charge in [-0.2, -0.15) is 0 Å². The third-order valence-electron chi connectivity index (χ3n) is 2.44. The van der Waals surface area contributed by atoms with E-state index in [4.69, 9.17) is 5.73 Å². The lowest BCUT2D eigenvalue weighted by atomic mass is 10.2. The molecule has 82 valence electrons. The van der Waals surface area contributed by atoms with Crippen molar-refractivity contribution in [2.75, 3.05) is 11.1 Å². The molecule has 1 aromatic carbocycles. The monoisotopic (exact) mass is 213 g/mol. The zero-order valence-electron chi connectivity index (χ0n) is 9.27. The Morgan fingerprint density at radius 2 is 2.12 bits per heavy atom. The second kappa shape index (κ2) is 4.66. The Hall–Kier alpha value is -2.03. The van der Waals surface area contributed by atoms with E-state index in [0.717, 1.165) is 29.2 Å². The lowest BCUT2D eigenvalue weighted by Gasteiger charge is -2.09. The SMILES string of the molecule is Cc1cc(N)ccc1NCc1ccccn1. The van der Waals surface area contributed by atoms with Crippen molar-refractivity contribution in [2.24, 2.45) is 0 Å². The molecule has 1 aromatic heterocycles. The van der Waals surface area contributed by atoms with Gasteiger partial charge >= 0.3 is 0 Å². The number of aromatic nitrogens is 1. The Morgan fingerprint density at radius 1 is 1.25 bits per heavy atom. The van der Waals surface area contributed by atoms with E-state index in [9.17, 15) is 0 Å². The number of hydrogen-bond donors (Lipinski definition) is 2. The lowest BCUT2D eigenvalue weighted by Crippen LogP contribution is -2.02. The van der Waals surface area contributed by atoms with E-state index in [-0.39, 0.29) is 0 Å². The molecule has 0 saturated heterocycles. The molecule has 0 bridgehead atoms. The van der Waals surface area contributed by atoms with Crippen LogP contribution in [-0.4, -0.2) is 4.98 Å². The number of aryl methyl sites for hydroxylation is 1. The number of nitrogens with zero attached hydrogens (tertiary/aromatic N) is 1. The fourth-order valence-corrected chi connectivity index (χ4v) is 1.57. The van der Waals surface area contributed by atoms with Crippen LogP contribution in [0.15, 0.2) is 42.6 Å². The first-order chi connectivity index (χ1) is 7.75. The number of hydrogen-bond acceptors (Lipinski definition) is 3. The van der Waals surface area contributed by atoms with Crippen molar-refractivity contribution in [3.63, 3.8) is 0 Å². The van der Waals surface area contributed by atoms with E-state index < -0.39 is 0 Å². The predicted octanol–water partition coefficient (Wildman–Crippen LogP) is 2.58. The fourth-order valence-electron chi connectivity index (χ4n) is 1.57. The summed E-state index contributed by atoms with van der Waals surface area (Å²) in [6, 6.07) is 11.7. The van der Waals surface area contributed by atoms with Crippen molar-refractivity contribution in [1.29, 1.82) is 0 Å². The van der Waals surface area contributed by atoms with Crippen LogP contribution in [0.1, 0.15) is 11.3 Å². The van der Waals surface area contributed by atoms with Crippen LogP contribution in [0.4, 0.5) is 11.4 Å². The van der Waals surface area contributed by atoms with E-state index in [1.54, 1.807) is 6.20 Å². The number of nitrogens with two attached hydrogens (primary N) is 1. The van der Waals surface area contributed by atoms with Crippen molar-refractivity contribution in [3.05, 3.63) is 53.9 Å². The summed E-state index contributed by atoms with van der Waals surface area (Å²) in [6.07, 6.45) is 1.80. The summed E-state index contributed by atoms with van der Waals surface area (Å²) in [4.78, 5) is 4.25. The molecule has 1 heterocycles. The molecule has 0 aliphatic carbocycles. The van der Waals surface area contributed by atoms with Gasteiger partial charge in [0, 0.05) is 17.6 Å². The van der Waals surface area contributed by atoms with Crippen LogP contribution in [0.5, 0.6) is 0 Å². The second-order valence-corrected chi connectivity index (χ2v) is 3.75. The molecule has 0 spiro atoms. The Balaban J connectivity index is 2.05. The molecule has 0 aliphatic heterocycles. The zero-order valence-corrected chi connectivity index (χ0v) is 9.27. The smallest absolute Gasteiger partial charge is 0.0594 e. The van der Waals surface area contributed by atoms with Crippen molar-refractivity contribution in [3.8, 4) is 0 Å². The summed E-state index contributed by atoms with van der Waals surface area (Å²) in [5.74, 6) is 0. The summed E-state index contributed by atoms with van der Waals surface area (Å²) < 4.78 is 0. The van der Waals surface area contributed by atoms with Crippen LogP contribution in [0.2, 0.25) is 0 Å². The third kappa shape index (κ3) is 2.51. The van der Waals surface area contributed by atoms with Crippen molar-refractivity contribution in [1.82, 2.24) is 4.98 Å². The minimum atomic E-state index is 0.728. The molecule has 0 radical (unpaired) electrons. The van der Waals surface area contributed by atoms with Crippen LogP contribution in [-0.2, 0) is 6.54 Å². The lowest BCUT2D eigenvalue weighted by molar-refractivity contribution is 1.04. The minimum Gasteiger partial charge on any atom is -0.399 e. The van der Waals surface area contributed by atoms with Gasteiger partial charge in [-0.3, -0.25) is 4.98 Å². The molecule has 0 amide bonds. The van der Waals surface area contributed by atoms with Gasteiger partial charge in [0.2, 0.25) is 0 Å². The summed E-state index contributed by atoms with van der Waals surface area (Å²) in [5, 5.41) is 3.34. The maximum Gasteiger partial charge on any atom is 0.0594 e. The Morgan fingerprint density at radius 3 is 2.81 bits per heavy atom. The second-order valence-electron chi connectivity index (χ2n) is 3.75. The van der Waals surface area contributed by atoms with Gasteiger partial charge in [0.25, 0.3) is 0 Å². The van der Waals surface area contributed by atoms with E-state index in [1.807, 2.05) is 43.3 Å². The zero-order chi connectivity index (χ0) is 11.4. The molecule has 16 heavy (non-hydrogen) atoms. The number of nitrogens with one attached hydrogen (secondary N) is 1. The van der Waals surface area contributed by atoms with Gasteiger partial charge < -0.3 is 11.1 Å². The fraction of sp³-hybridized carbons (Fsp3) is 0.154. The molecule has 0 fully saturated rings. The number of anilines is 2. The summed E-state index contributed by atoms with van der Waals surface area (Å²) in [7, 11) is 0. The number of rotatable bonds is 3. The van der Waals surface area contributed by atoms with Crippen molar-refractivity contribution in [2.45, 2.75) is 13.5 Å². The molecule has 0 unspecified atom stereocenters. The first-order valence-corrected chi connectivity index (χ1v) is 5.25. The van der Waals surface area contributed by atoms with Gasteiger partial charge in [-0.05, 0) is 42.8 Å². The van der Waals surface area contributed by atoms with Gasteiger partial charge in [0.15, 0.2) is 0 Å². The van der Waals surface area contributed by atoms with Crippen LogP contribution in [0.3, 0.4) is 0 Å². The standard InChI is InChI=1S/C13H15N3/c1-10-8-11(14)5-6-13(10)16-9-12-4-2-3-7-15-12/h2-8,16H,9,14H2,1H3. The van der Waals surface area contributed by atoms with Crippen molar-refractivity contribution < 1.29 is 0 Å². The molecular weight excluding hydrogens is 198 g/mol. The molecular formula is C13H15N3. The Bertz CT molecular complexity index is 466. The summed E-state index contributed by atoms with van der Waals surface area (Å²) in [6.45, 7) is 2.77. The van der Waals surface area contributed by atoms with E-state index >= 15 is 0 Å². The Kier molecular flexibility index (Phi) is 3.05. The highest BCUT2D eigenvalue weighted by molar-refractivity contribution is 5.57. The first kappa shape index (κ1) is 10.5. The van der Waals surface area contributed by atoms with Crippen LogP contribution >= 0.6 is 0 Å². The molecule has 2 aromatic rings. The third-order valence-corrected chi connectivity index (χ3v) is 2.44. The Labute approximate surface area is 95.3 Å². The quantitative estimate of drug-likeness (QED) is 0.770. The molecule has 3 N–H and O–H groups in total. The highest BCUT2D eigenvalue weighted by atomic mass is 14.9. The number of nitrogen functional groups attached to an aromatic ring is 1. The largest absolute Gasteiger partial charge is 0.399 e. The highest BCUT2D eigenvalue weighted by Crippen LogP contribution is 2.17. The molecule has 0 saturated carbocycles. The minimum absolute atomic E-state index is 0.728. The molecule has 0 aliphatic rings. The summed E-state index contributed by atoms with van der Waals surface area (Å²) >= 11 is 0. The van der Waals surface area contributed by atoms with Gasteiger partial charge in [0.1, 0.15) is 0 Å². The molecule has 2 rings (SSSR count). The predicted molar refractivity (Wildman–Crippen MR) is 67.2 cm³/mol. The van der Waals surface area contributed by atoms with Crippen molar-refractivity contribution >= 4 is 11.4 Å². The molecule has 3 heteroatoms. The van der Waals surface area contributed by atoms with Crippen LogP contribution in [0, 0.1) is 6.92 Å². The van der Waals surface area contributed by atoms with Crippen LogP contribution < -0.4 is 11.1 Å². The van der Waals surface area contributed by atoms with Gasteiger partial charge in [-0.15, -0.1) is 0 Å². The molecule has 3 nitrogen and oxygen atoms in total. The van der Waals surface area contributed by atoms with Gasteiger partial charge in [-0.25, -0.2) is 0 Å². The molecule has 0 atom stereocenters. The maximum absolute atomic E-state index is 5.69. The number of benzene rings is 1. The van der Waals surface area contributed by atoms with E-state index in [0.29, 0.717) is 0 Å². The van der Waals surface area contributed by atoms with E-state index in [2.05, 4.69) is 10.3 Å². The first-order valence-electron chi connectivity index (χ1n) is 5.25. The van der Waals surface area contributed by atoms with Gasteiger partial charge in [0.05, 0.1) is 12.2 Å². The topological polar surface area (TPSA) is 50.9 Å². The number of pyridine rings is 1. The maximum atomic E-state index is 5.69. The average molecular weight is 213 g/mol. The summed E-state index contributed by atoms with van der Waals surface area (Å²) in [5.41, 5.74) is 9.76. The van der Waals surface area contributed by atoms with E-state index in [1.165, 1.54) is 0 Å². The van der Waals surface area contributed by atoms with Gasteiger partial charge in [-0.1, -0.05) is 6.07 Å². The highest BCUT2D eigenvalue weighted by Gasteiger charge is 1.98. The van der Waals surface area contributed by atoms with Crippen LogP contribution in [0.25, 0.3) is 0 Å². The average Bonchev–Trinajstić information content (AvgIpc) is 2.29.